The highest BCUT2D eigenvalue weighted by Crippen LogP contribution is 2.36. The first-order valence-corrected chi connectivity index (χ1v) is 8.95. The molecule has 2 aromatic carbocycles. The third-order valence-corrected chi connectivity index (χ3v) is 5.24. The van der Waals surface area contributed by atoms with Crippen LogP contribution < -0.4 is 4.74 Å². The van der Waals surface area contributed by atoms with Crippen LogP contribution in [0.2, 0.25) is 0 Å². The van der Waals surface area contributed by atoms with Crippen molar-refractivity contribution < 1.29 is 9.47 Å². The minimum absolute atomic E-state index is 0.232. The summed E-state index contributed by atoms with van der Waals surface area (Å²) < 4.78 is 11.2. The number of hydrogen-bond donors (Lipinski definition) is 0. The number of hydrogen-bond acceptors (Lipinski definition) is 4. The van der Waals surface area contributed by atoms with Crippen LogP contribution in [0.25, 0.3) is 5.57 Å². The van der Waals surface area contributed by atoms with Gasteiger partial charge in [0, 0.05) is 12.6 Å². The first kappa shape index (κ1) is 16.8. The van der Waals surface area contributed by atoms with Gasteiger partial charge in [0.15, 0.2) is 0 Å². The predicted octanol–water partition coefficient (Wildman–Crippen LogP) is 3.62. The van der Waals surface area contributed by atoms with Gasteiger partial charge in [0.1, 0.15) is 5.75 Å². The fourth-order valence-electron chi connectivity index (χ4n) is 3.92. The molecule has 4 rings (SSSR count). The molecule has 4 nitrogen and oxygen atoms in total. The van der Waals surface area contributed by atoms with Crippen molar-refractivity contribution in [3.05, 3.63) is 71.3 Å². The minimum Gasteiger partial charge on any atom is -0.497 e. The number of nitrogens with zero attached hydrogens (tertiary/aromatic N) is 2. The van der Waals surface area contributed by atoms with Crippen LogP contribution in [0, 0.1) is 11.3 Å². The van der Waals surface area contributed by atoms with Crippen LogP contribution >= 0.6 is 0 Å². The molecule has 0 aliphatic carbocycles. The van der Waals surface area contributed by atoms with Gasteiger partial charge >= 0.3 is 0 Å². The van der Waals surface area contributed by atoms with Gasteiger partial charge in [-0.25, -0.2) is 0 Å². The zero-order chi connectivity index (χ0) is 17.9. The lowest BCUT2D eigenvalue weighted by Gasteiger charge is -2.45. The van der Waals surface area contributed by atoms with E-state index in [0.29, 0.717) is 18.2 Å². The van der Waals surface area contributed by atoms with Crippen LogP contribution in [0.3, 0.4) is 0 Å². The Morgan fingerprint density at radius 1 is 1.19 bits per heavy atom. The molecule has 2 atom stereocenters. The van der Waals surface area contributed by atoms with E-state index in [-0.39, 0.29) is 6.04 Å². The molecule has 0 radical (unpaired) electrons. The fourth-order valence-corrected chi connectivity index (χ4v) is 3.92. The normalized spacial score (nSPS) is 22.4. The Labute approximate surface area is 154 Å². The summed E-state index contributed by atoms with van der Waals surface area (Å²) >= 11 is 0. The number of benzene rings is 2. The molecule has 132 valence electrons. The van der Waals surface area contributed by atoms with E-state index in [0.717, 1.165) is 30.9 Å². The average Bonchev–Trinajstić information content (AvgIpc) is 2.68. The Hall–Kier alpha value is -2.61. The maximum Gasteiger partial charge on any atom is 0.119 e. The quantitative estimate of drug-likeness (QED) is 0.848. The van der Waals surface area contributed by atoms with E-state index < -0.39 is 0 Å². The summed E-state index contributed by atoms with van der Waals surface area (Å²) in [5.74, 6) is 0.785. The molecule has 1 fully saturated rings. The third-order valence-electron chi connectivity index (χ3n) is 5.24. The van der Waals surface area contributed by atoms with E-state index in [9.17, 15) is 5.26 Å². The van der Waals surface area contributed by atoms with Crippen molar-refractivity contribution in [2.75, 3.05) is 20.3 Å². The van der Waals surface area contributed by atoms with Gasteiger partial charge in [0.05, 0.1) is 38.0 Å². The molecule has 2 bridgehead atoms. The Balaban J connectivity index is 1.66. The van der Waals surface area contributed by atoms with Crippen molar-refractivity contribution in [1.29, 1.82) is 5.26 Å². The zero-order valence-corrected chi connectivity index (χ0v) is 14.9. The Kier molecular flexibility index (Phi) is 4.75. The van der Waals surface area contributed by atoms with Gasteiger partial charge in [-0.3, -0.25) is 4.90 Å². The standard InChI is InChI=1S/C22H22N2O2/c1-25-21-8-7-17(12-23)22(11-21)18-9-19-14-26-15-20(10-18)24(19)13-16-5-3-2-4-6-16/h2-9,11,19-20H,10,13-15H2,1H3. The zero-order valence-electron chi connectivity index (χ0n) is 14.9. The van der Waals surface area contributed by atoms with Gasteiger partial charge in [-0.15, -0.1) is 0 Å². The number of morpholine rings is 1. The highest BCUT2D eigenvalue weighted by atomic mass is 16.5. The molecule has 4 heteroatoms. The Morgan fingerprint density at radius 3 is 2.77 bits per heavy atom. The molecular formula is C22H22N2O2. The van der Waals surface area contributed by atoms with Crippen molar-refractivity contribution in [2.24, 2.45) is 0 Å². The number of ether oxygens (including phenoxy) is 2. The predicted molar refractivity (Wildman–Crippen MR) is 101 cm³/mol. The fraction of sp³-hybridized carbons (Fsp3) is 0.318. The number of nitriles is 1. The van der Waals surface area contributed by atoms with Crippen molar-refractivity contribution in [3.63, 3.8) is 0 Å². The molecule has 0 aromatic heterocycles. The van der Waals surface area contributed by atoms with Crippen molar-refractivity contribution in [3.8, 4) is 11.8 Å². The molecule has 2 aliphatic heterocycles. The Bertz CT molecular complexity index is 854. The number of rotatable bonds is 4. The lowest BCUT2D eigenvalue weighted by Crippen LogP contribution is -2.53. The summed E-state index contributed by atoms with van der Waals surface area (Å²) in [6, 6.07) is 19.1. The van der Waals surface area contributed by atoms with Crippen molar-refractivity contribution >= 4 is 5.57 Å². The van der Waals surface area contributed by atoms with Gasteiger partial charge in [-0.1, -0.05) is 36.4 Å². The van der Waals surface area contributed by atoms with E-state index in [1.165, 1.54) is 11.1 Å². The summed E-state index contributed by atoms with van der Waals surface area (Å²) in [6.45, 7) is 2.34. The van der Waals surface area contributed by atoms with Crippen LogP contribution in [-0.2, 0) is 11.3 Å². The molecule has 0 N–H and O–H groups in total. The summed E-state index contributed by atoms with van der Waals surface area (Å²) in [6.07, 6.45) is 3.15. The van der Waals surface area contributed by atoms with E-state index >= 15 is 0 Å². The summed E-state index contributed by atoms with van der Waals surface area (Å²) in [5.41, 5.74) is 4.24. The van der Waals surface area contributed by atoms with E-state index in [4.69, 9.17) is 9.47 Å². The number of methoxy groups -OCH3 is 1. The molecule has 26 heavy (non-hydrogen) atoms. The smallest absolute Gasteiger partial charge is 0.119 e. The second-order valence-corrected chi connectivity index (χ2v) is 6.84. The van der Waals surface area contributed by atoms with Crippen molar-refractivity contribution in [1.82, 2.24) is 4.90 Å². The summed E-state index contributed by atoms with van der Waals surface area (Å²) in [5, 5.41) is 9.51. The van der Waals surface area contributed by atoms with Crippen molar-refractivity contribution in [2.45, 2.75) is 25.0 Å². The maximum absolute atomic E-state index is 9.51. The first-order valence-electron chi connectivity index (χ1n) is 8.95. The van der Waals surface area contributed by atoms with Gasteiger partial charge < -0.3 is 9.47 Å². The van der Waals surface area contributed by atoms with Gasteiger partial charge in [0.2, 0.25) is 0 Å². The molecule has 2 heterocycles. The first-order chi connectivity index (χ1) is 12.8. The SMILES string of the molecule is COc1ccc(C#N)c(C2=CC3COCC(C2)N3Cc2ccccc2)c1. The lowest BCUT2D eigenvalue weighted by molar-refractivity contribution is -0.0402. The maximum atomic E-state index is 9.51. The molecule has 2 aromatic rings. The summed E-state index contributed by atoms with van der Waals surface area (Å²) in [7, 11) is 1.66. The molecule has 0 amide bonds. The largest absolute Gasteiger partial charge is 0.497 e. The van der Waals surface area contributed by atoms with Gasteiger partial charge in [0.25, 0.3) is 0 Å². The topological polar surface area (TPSA) is 45.5 Å². The van der Waals surface area contributed by atoms with E-state index in [1.807, 2.05) is 24.3 Å². The minimum atomic E-state index is 0.232. The highest BCUT2D eigenvalue weighted by molar-refractivity contribution is 5.73. The monoisotopic (exact) mass is 346 g/mol. The van der Waals surface area contributed by atoms with E-state index in [1.54, 1.807) is 7.11 Å². The average molecular weight is 346 g/mol. The van der Waals surface area contributed by atoms with Crippen LogP contribution in [0.4, 0.5) is 0 Å². The molecular weight excluding hydrogens is 324 g/mol. The second kappa shape index (κ2) is 7.33. The highest BCUT2D eigenvalue weighted by Gasteiger charge is 2.35. The molecule has 0 spiro atoms. The Morgan fingerprint density at radius 2 is 2.04 bits per heavy atom. The van der Waals surface area contributed by atoms with Gasteiger partial charge in [-0.2, -0.15) is 5.26 Å². The van der Waals surface area contributed by atoms with E-state index in [2.05, 4.69) is 41.3 Å². The van der Waals surface area contributed by atoms with Gasteiger partial charge in [-0.05, 0) is 41.3 Å². The van der Waals surface area contributed by atoms with Crippen LogP contribution in [0.15, 0.2) is 54.6 Å². The molecule has 2 unspecified atom stereocenters. The summed E-state index contributed by atoms with van der Waals surface area (Å²) in [4.78, 5) is 2.52. The molecule has 1 saturated heterocycles. The number of fused-ring (bicyclic) bond motifs is 2. The second-order valence-electron chi connectivity index (χ2n) is 6.84. The third kappa shape index (κ3) is 3.24. The van der Waals surface area contributed by atoms with Crippen LogP contribution in [0.1, 0.15) is 23.1 Å². The molecule has 0 saturated carbocycles. The lowest BCUT2D eigenvalue weighted by atomic mass is 9.87. The van der Waals surface area contributed by atoms with Crippen LogP contribution in [-0.4, -0.2) is 37.3 Å². The van der Waals surface area contributed by atoms with Crippen LogP contribution in [0.5, 0.6) is 5.75 Å². The molecule has 2 aliphatic rings.